The number of thioether (sulfide) groups is 1. The molecule has 214 valence electrons. The molecule has 0 radical (unpaired) electrons. The van der Waals surface area contributed by atoms with Gasteiger partial charge in [0.2, 0.25) is 6.79 Å². The number of hydrogen-bond donors (Lipinski definition) is 0. The second-order valence-corrected chi connectivity index (χ2v) is 11.9. The molecule has 1 aromatic carbocycles. The minimum atomic E-state index is -0.207. The van der Waals surface area contributed by atoms with E-state index in [9.17, 15) is 9.59 Å². The van der Waals surface area contributed by atoms with Gasteiger partial charge in [0, 0.05) is 59.2 Å². The molecule has 0 saturated carbocycles. The van der Waals surface area contributed by atoms with Crippen molar-refractivity contribution in [2.24, 2.45) is 0 Å². The standard InChI is InChI=1S/C29H31N5O5S2/c1-19-4-7-25-30-26(32-11-9-31(10-12-32)17-20-5-6-22-23(14-20)39-18-38-22)21(27(35)34(25)16-19)15-24-28(36)33(29(40)41-24)8-3-13-37-2/h4-7,14-16H,3,8-13,17-18H2,1-2H3/b24-15-. The van der Waals surface area contributed by atoms with Crippen molar-refractivity contribution in [2.75, 3.05) is 58.1 Å². The zero-order valence-electron chi connectivity index (χ0n) is 23.0. The van der Waals surface area contributed by atoms with E-state index in [1.807, 2.05) is 31.2 Å². The third-order valence-electron chi connectivity index (χ3n) is 7.38. The maximum Gasteiger partial charge on any atom is 0.267 e. The van der Waals surface area contributed by atoms with Crippen LogP contribution in [0.25, 0.3) is 11.7 Å². The molecule has 0 bridgehead atoms. The van der Waals surface area contributed by atoms with E-state index in [0.717, 1.165) is 42.3 Å². The molecule has 2 aromatic heterocycles. The highest BCUT2D eigenvalue weighted by atomic mass is 32.2. The fraction of sp³-hybridized carbons (Fsp3) is 0.379. The van der Waals surface area contributed by atoms with Crippen molar-refractivity contribution in [3.63, 3.8) is 0 Å². The first-order valence-corrected chi connectivity index (χ1v) is 14.8. The Balaban J connectivity index is 1.26. The van der Waals surface area contributed by atoms with Crippen molar-refractivity contribution < 1.29 is 19.0 Å². The third kappa shape index (κ3) is 5.69. The number of methoxy groups -OCH3 is 1. The number of amides is 1. The van der Waals surface area contributed by atoms with Gasteiger partial charge in [-0.05, 0) is 48.7 Å². The molecule has 0 unspecified atom stereocenters. The van der Waals surface area contributed by atoms with Gasteiger partial charge in [0.15, 0.2) is 11.5 Å². The smallest absolute Gasteiger partial charge is 0.267 e. The number of rotatable bonds is 8. The number of hydrogen-bond acceptors (Lipinski definition) is 10. The van der Waals surface area contributed by atoms with Gasteiger partial charge in [0.05, 0.1) is 10.5 Å². The van der Waals surface area contributed by atoms with E-state index in [2.05, 4.69) is 15.9 Å². The van der Waals surface area contributed by atoms with Crippen LogP contribution in [-0.2, 0) is 16.1 Å². The number of aromatic nitrogens is 2. The molecule has 0 spiro atoms. The van der Waals surface area contributed by atoms with E-state index in [-0.39, 0.29) is 18.3 Å². The third-order valence-corrected chi connectivity index (χ3v) is 8.76. The second kappa shape index (κ2) is 11.8. The molecular formula is C29H31N5O5S2. The molecule has 12 heteroatoms. The van der Waals surface area contributed by atoms with Crippen LogP contribution in [0.3, 0.4) is 0 Å². The number of pyridine rings is 1. The van der Waals surface area contributed by atoms with Crippen molar-refractivity contribution in [1.29, 1.82) is 0 Å². The van der Waals surface area contributed by atoms with Gasteiger partial charge in [-0.3, -0.25) is 23.8 Å². The largest absolute Gasteiger partial charge is 0.454 e. The van der Waals surface area contributed by atoms with Crippen LogP contribution in [0.1, 0.15) is 23.1 Å². The SMILES string of the molecule is COCCCN1C(=O)/C(=C/c2c(N3CCN(Cc4ccc5c(c4)OCO5)CC3)nc3ccc(C)cn3c2=O)SC1=S. The van der Waals surface area contributed by atoms with Crippen LogP contribution in [0, 0.1) is 6.92 Å². The Labute approximate surface area is 247 Å². The molecule has 0 N–H and O–H groups in total. The molecule has 1 amide bonds. The summed E-state index contributed by atoms with van der Waals surface area (Å²) in [4.78, 5) is 38.6. The Kier molecular flexibility index (Phi) is 7.98. The topological polar surface area (TPSA) is 88.8 Å². The van der Waals surface area contributed by atoms with E-state index >= 15 is 0 Å². The van der Waals surface area contributed by atoms with E-state index in [1.54, 1.807) is 28.7 Å². The van der Waals surface area contributed by atoms with Crippen LogP contribution in [0.2, 0.25) is 0 Å². The zero-order chi connectivity index (χ0) is 28.5. The summed E-state index contributed by atoms with van der Waals surface area (Å²) in [5.41, 5.74) is 2.87. The van der Waals surface area contributed by atoms with E-state index < -0.39 is 0 Å². The number of ether oxygens (including phenoxy) is 3. The van der Waals surface area contributed by atoms with Crippen LogP contribution in [-0.4, -0.2) is 82.6 Å². The molecule has 3 aliphatic rings. The molecule has 10 nitrogen and oxygen atoms in total. The monoisotopic (exact) mass is 593 g/mol. The Morgan fingerprint density at radius 3 is 2.71 bits per heavy atom. The van der Waals surface area contributed by atoms with Gasteiger partial charge in [-0.1, -0.05) is 36.1 Å². The number of thiocarbonyl (C=S) groups is 1. The zero-order valence-corrected chi connectivity index (χ0v) is 24.6. The van der Waals surface area contributed by atoms with Crippen LogP contribution in [0.4, 0.5) is 5.82 Å². The fourth-order valence-electron chi connectivity index (χ4n) is 5.22. The molecule has 41 heavy (non-hydrogen) atoms. The number of fused-ring (bicyclic) bond motifs is 2. The summed E-state index contributed by atoms with van der Waals surface area (Å²) in [7, 11) is 1.63. The number of anilines is 1. The normalized spacial score (nSPS) is 18.3. The van der Waals surface area contributed by atoms with Gasteiger partial charge >= 0.3 is 0 Å². The number of nitrogens with zero attached hydrogens (tertiary/aromatic N) is 5. The minimum absolute atomic E-state index is 0.190. The Morgan fingerprint density at radius 2 is 1.90 bits per heavy atom. The molecule has 3 aliphatic heterocycles. The predicted molar refractivity (Wildman–Crippen MR) is 163 cm³/mol. The van der Waals surface area contributed by atoms with Crippen LogP contribution < -0.4 is 19.9 Å². The summed E-state index contributed by atoms with van der Waals surface area (Å²) in [6, 6.07) is 9.85. The first kappa shape index (κ1) is 27.7. The highest BCUT2D eigenvalue weighted by Gasteiger charge is 2.33. The lowest BCUT2D eigenvalue weighted by molar-refractivity contribution is -0.122. The lowest BCUT2D eigenvalue weighted by atomic mass is 10.1. The summed E-state index contributed by atoms with van der Waals surface area (Å²) in [5.74, 6) is 1.96. The van der Waals surface area contributed by atoms with Gasteiger partial charge in [0.1, 0.15) is 15.8 Å². The maximum absolute atomic E-state index is 13.8. The first-order valence-electron chi connectivity index (χ1n) is 13.5. The highest BCUT2D eigenvalue weighted by Crippen LogP contribution is 2.35. The highest BCUT2D eigenvalue weighted by molar-refractivity contribution is 8.26. The van der Waals surface area contributed by atoms with Crippen molar-refractivity contribution in [2.45, 2.75) is 19.9 Å². The molecule has 3 aromatic rings. The Bertz CT molecular complexity index is 1600. The molecule has 2 fully saturated rings. The van der Waals surface area contributed by atoms with Crippen LogP contribution in [0.15, 0.2) is 46.2 Å². The van der Waals surface area contributed by atoms with Gasteiger partial charge in [-0.15, -0.1) is 0 Å². The number of benzene rings is 1. The molecule has 5 heterocycles. The summed E-state index contributed by atoms with van der Waals surface area (Å²) in [6.07, 6.45) is 4.14. The number of aryl methyl sites for hydroxylation is 1. The minimum Gasteiger partial charge on any atom is -0.454 e. The summed E-state index contributed by atoms with van der Waals surface area (Å²) >= 11 is 6.72. The lowest BCUT2D eigenvalue weighted by Gasteiger charge is -2.36. The summed E-state index contributed by atoms with van der Waals surface area (Å²) in [5, 5.41) is 0. The number of carbonyl (C=O) groups excluding carboxylic acids is 1. The van der Waals surface area contributed by atoms with Crippen LogP contribution in [0.5, 0.6) is 11.5 Å². The van der Waals surface area contributed by atoms with Gasteiger partial charge in [-0.2, -0.15) is 0 Å². The maximum atomic E-state index is 13.8. The van der Waals surface area contributed by atoms with Crippen molar-refractivity contribution in [1.82, 2.24) is 19.2 Å². The van der Waals surface area contributed by atoms with Crippen molar-refractivity contribution >= 4 is 51.7 Å². The number of piperazine rings is 1. The molecule has 6 rings (SSSR count). The van der Waals surface area contributed by atoms with E-state index in [1.165, 1.54) is 11.8 Å². The molecule has 0 aliphatic carbocycles. The molecular weight excluding hydrogens is 562 g/mol. The van der Waals surface area contributed by atoms with Gasteiger partial charge in [0.25, 0.3) is 11.5 Å². The lowest BCUT2D eigenvalue weighted by Crippen LogP contribution is -2.47. The first-order chi connectivity index (χ1) is 19.9. The molecule has 2 saturated heterocycles. The van der Waals surface area contributed by atoms with Crippen molar-refractivity contribution in [3.05, 3.63) is 68.5 Å². The Morgan fingerprint density at radius 1 is 1.10 bits per heavy atom. The average Bonchev–Trinajstić information content (AvgIpc) is 3.54. The predicted octanol–water partition coefficient (Wildman–Crippen LogP) is 3.29. The average molecular weight is 594 g/mol. The quantitative estimate of drug-likeness (QED) is 0.220. The van der Waals surface area contributed by atoms with Crippen molar-refractivity contribution in [3.8, 4) is 11.5 Å². The second-order valence-electron chi connectivity index (χ2n) is 10.2. The van der Waals surface area contributed by atoms with Gasteiger partial charge < -0.3 is 19.1 Å². The summed E-state index contributed by atoms with van der Waals surface area (Å²) < 4.78 is 18.1. The Hall–Kier alpha value is -3.45. The fourth-order valence-corrected chi connectivity index (χ4v) is 6.51. The van der Waals surface area contributed by atoms with Gasteiger partial charge in [-0.25, -0.2) is 4.98 Å². The summed E-state index contributed by atoms with van der Waals surface area (Å²) in [6.45, 7) is 6.97. The molecule has 0 atom stereocenters. The van der Waals surface area contributed by atoms with E-state index in [0.29, 0.717) is 58.9 Å². The van der Waals surface area contributed by atoms with Crippen LogP contribution >= 0.6 is 24.0 Å². The van der Waals surface area contributed by atoms with E-state index in [4.69, 9.17) is 31.4 Å². The number of carbonyl (C=O) groups is 1.